The van der Waals surface area contributed by atoms with Crippen LogP contribution in [-0.4, -0.2) is 25.9 Å². The van der Waals surface area contributed by atoms with Crippen molar-refractivity contribution in [2.24, 2.45) is 0 Å². The smallest absolute Gasteiger partial charge is 0.0858 e. The van der Waals surface area contributed by atoms with Crippen LogP contribution in [0.5, 0.6) is 0 Å². The summed E-state index contributed by atoms with van der Waals surface area (Å²) in [7, 11) is 1.70. The van der Waals surface area contributed by atoms with Crippen molar-refractivity contribution >= 4 is 0 Å². The molecule has 0 aliphatic heterocycles. The maximum atomic E-state index is 5.59. The molecule has 0 aliphatic rings. The first-order valence-corrected chi connectivity index (χ1v) is 4.25. The predicted molar refractivity (Wildman–Crippen MR) is 46.8 cm³/mol. The van der Waals surface area contributed by atoms with Crippen molar-refractivity contribution in [3.05, 3.63) is 0 Å². The average molecular weight is 160 g/mol. The molecule has 68 valence electrons. The standard InChI is InChI=1S/C9H20O2/c1-5-6-7-11-9(2,3)8-10-4/h5-8H2,1-4H3. The van der Waals surface area contributed by atoms with Crippen LogP contribution < -0.4 is 0 Å². The molecule has 0 heterocycles. The van der Waals surface area contributed by atoms with Gasteiger partial charge in [0.05, 0.1) is 12.2 Å². The molecule has 0 saturated carbocycles. The van der Waals surface area contributed by atoms with Crippen molar-refractivity contribution in [3.63, 3.8) is 0 Å². The summed E-state index contributed by atoms with van der Waals surface area (Å²) in [6, 6.07) is 0. The Morgan fingerprint density at radius 1 is 1.27 bits per heavy atom. The second-order valence-corrected chi connectivity index (χ2v) is 3.39. The molecule has 0 rings (SSSR count). The summed E-state index contributed by atoms with van der Waals surface area (Å²) < 4.78 is 10.6. The van der Waals surface area contributed by atoms with E-state index in [1.807, 2.05) is 13.8 Å². The first kappa shape index (κ1) is 10.9. The first-order chi connectivity index (χ1) is 5.12. The number of hydrogen-bond donors (Lipinski definition) is 0. The molecule has 0 amide bonds. The quantitative estimate of drug-likeness (QED) is 0.555. The third-order valence-electron chi connectivity index (χ3n) is 1.48. The fourth-order valence-corrected chi connectivity index (χ4v) is 0.882. The van der Waals surface area contributed by atoms with Gasteiger partial charge in [0, 0.05) is 13.7 Å². The van der Waals surface area contributed by atoms with Gasteiger partial charge in [-0.2, -0.15) is 0 Å². The van der Waals surface area contributed by atoms with Crippen molar-refractivity contribution in [1.82, 2.24) is 0 Å². The zero-order valence-electron chi connectivity index (χ0n) is 8.14. The van der Waals surface area contributed by atoms with Crippen molar-refractivity contribution in [2.45, 2.75) is 39.2 Å². The maximum absolute atomic E-state index is 5.59. The Balaban J connectivity index is 3.38. The molecule has 0 bridgehead atoms. The second-order valence-electron chi connectivity index (χ2n) is 3.39. The van der Waals surface area contributed by atoms with Gasteiger partial charge in [-0.05, 0) is 20.3 Å². The monoisotopic (exact) mass is 160 g/mol. The summed E-state index contributed by atoms with van der Waals surface area (Å²) in [6.07, 6.45) is 2.32. The Morgan fingerprint density at radius 3 is 2.36 bits per heavy atom. The molecular formula is C9H20O2. The number of unbranched alkanes of at least 4 members (excludes halogenated alkanes) is 1. The first-order valence-electron chi connectivity index (χ1n) is 4.25. The lowest BCUT2D eigenvalue weighted by atomic mass is 10.1. The lowest BCUT2D eigenvalue weighted by molar-refractivity contribution is -0.0652. The van der Waals surface area contributed by atoms with Crippen LogP contribution in [0, 0.1) is 0 Å². The highest BCUT2D eigenvalue weighted by Crippen LogP contribution is 2.09. The third kappa shape index (κ3) is 6.32. The highest BCUT2D eigenvalue weighted by atomic mass is 16.5. The molecule has 0 aliphatic carbocycles. The van der Waals surface area contributed by atoms with Crippen molar-refractivity contribution in [3.8, 4) is 0 Å². The molecule has 2 nitrogen and oxygen atoms in total. The maximum Gasteiger partial charge on any atom is 0.0858 e. The van der Waals surface area contributed by atoms with E-state index >= 15 is 0 Å². The predicted octanol–water partition coefficient (Wildman–Crippen LogP) is 2.23. The van der Waals surface area contributed by atoms with E-state index in [1.54, 1.807) is 7.11 Å². The van der Waals surface area contributed by atoms with E-state index in [9.17, 15) is 0 Å². The van der Waals surface area contributed by atoms with Crippen LogP contribution in [0.1, 0.15) is 33.6 Å². The molecule has 0 fully saturated rings. The van der Waals surface area contributed by atoms with Crippen LogP contribution in [0.3, 0.4) is 0 Å². The van der Waals surface area contributed by atoms with E-state index in [1.165, 1.54) is 6.42 Å². The Bertz CT molecular complexity index is 89.6. The van der Waals surface area contributed by atoms with Crippen molar-refractivity contribution in [1.29, 1.82) is 0 Å². The van der Waals surface area contributed by atoms with Crippen LogP contribution in [0.4, 0.5) is 0 Å². The number of rotatable bonds is 6. The highest BCUT2D eigenvalue weighted by Gasteiger charge is 2.16. The van der Waals surface area contributed by atoms with Gasteiger partial charge in [-0.25, -0.2) is 0 Å². The van der Waals surface area contributed by atoms with E-state index in [0.29, 0.717) is 6.61 Å². The van der Waals surface area contributed by atoms with Gasteiger partial charge in [0.25, 0.3) is 0 Å². The van der Waals surface area contributed by atoms with Gasteiger partial charge >= 0.3 is 0 Å². The van der Waals surface area contributed by atoms with Gasteiger partial charge < -0.3 is 9.47 Å². The Morgan fingerprint density at radius 2 is 1.91 bits per heavy atom. The molecule has 2 heteroatoms. The van der Waals surface area contributed by atoms with Gasteiger partial charge in [-0.3, -0.25) is 0 Å². The average Bonchev–Trinajstić information content (AvgIpc) is 1.87. The lowest BCUT2D eigenvalue weighted by Gasteiger charge is -2.24. The Kier molecular flexibility index (Phi) is 5.51. The largest absolute Gasteiger partial charge is 0.382 e. The van der Waals surface area contributed by atoms with Crippen molar-refractivity contribution in [2.75, 3.05) is 20.3 Å². The molecule has 11 heavy (non-hydrogen) atoms. The van der Waals surface area contributed by atoms with Crippen LogP contribution in [0.15, 0.2) is 0 Å². The summed E-state index contributed by atoms with van der Waals surface area (Å²) in [5, 5.41) is 0. The Hall–Kier alpha value is -0.0800. The van der Waals surface area contributed by atoms with E-state index in [0.717, 1.165) is 13.0 Å². The third-order valence-corrected chi connectivity index (χ3v) is 1.48. The summed E-state index contributed by atoms with van der Waals surface area (Å²) in [6.45, 7) is 7.76. The van der Waals surface area contributed by atoms with Crippen molar-refractivity contribution < 1.29 is 9.47 Å². The van der Waals surface area contributed by atoms with E-state index in [-0.39, 0.29) is 5.60 Å². The minimum absolute atomic E-state index is 0.121. The van der Waals surface area contributed by atoms with Gasteiger partial charge in [-0.1, -0.05) is 13.3 Å². The fourth-order valence-electron chi connectivity index (χ4n) is 0.882. The van der Waals surface area contributed by atoms with E-state index in [4.69, 9.17) is 9.47 Å². The van der Waals surface area contributed by atoms with Gasteiger partial charge in [0.1, 0.15) is 0 Å². The molecular weight excluding hydrogens is 140 g/mol. The van der Waals surface area contributed by atoms with Crippen LogP contribution in [0.25, 0.3) is 0 Å². The lowest BCUT2D eigenvalue weighted by Crippen LogP contribution is -2.30. The van der Waals surface area contributed by atoms with E-state index in [2.05, 4.69) is 6.92 Å². The number of hydrogen-bond acceptors (Lipinski definition) is 2. The topological polar surface area (TPSA) is 18.5 Å². The Labute approximate surface area is 69.9 Å². The van der Waals surface area contributed by atoms with Crippen LogP contribution >= 0.6 is 0 Å². The van der Waals surface area contributed by atoms with Gasteiger partial charge in [0.2, 0.25) is 0 Å². The summed E-state index contributed by atoms with van der Waals surface area (Å²) >= 11 is 0. The summed E-state index contributed by atoms with van der Waals surface area (Å²) in [5.41, 5.74) is -0.121. The molecule has 0 saturated heterocycles. The molecule has 0 aromatic carbocycles. The molecule has 0 atom stereocenters. The molecule has 0 unspecified atom stereocenters. The van der Waals surface area contributed by atoms with E-state index < -0.39 is 0 Å². The fraction of sp³-hybridized carbons (Fsp3) is 1.00. The van der Waals surface area contributed by atoms with Crippen LogP contribution in [0.2, 0.25) is 0 Å². The highest BCUT2D eigenvalue weighted by molar-refractivity contribution is 4.66. The molecule has 0 aromatic heterocycles. The molecule has 0 aromatic rings. The minimum Gasteiger partial charge on any atom is -0.382 e. The number of ether oxygens (including phenoxy) is 2. The van der Waals surface area contributed by atoms with Crippen LogP contribution in [-0.2, 0) is 9.47 Å². The van der Waals surface area contributed by atoms with Gasteiger partial charge in [-0.15, -0.1) is 0 Å². The summed E-state index contributed by atoms with van der Waals surface area (Å²) in [4.78, 5) is 0. The number of methoxy groups -OCH3 is 1. The van der Waals surface area contributed by atoms with Gasteiger partial charge in [0.15, 0.2) is 0 Å². The molecule has 0 N–H and O–H groups in total. The second kappa shape index (κ2) is 5.56. The molecule has 0 radical (unpaired) electrons. The molecule has 0 spiro atoms. The summed E-state index contributed by atoms with van der Waals surface area (Å²) in [5.74, 6) is 0. The normalized spacial score (nSPS) is 12.0. The zero-order valence-corrected chi connectivity index (χ0v) is 8.14. The minimum atomic E-state index is -0.121. The SMILES string of the molecule is CCCCOC(C)(C)COC. The zero-order chi connectivity index (χ0) is 8.74.